The van der Waals surface area contributed by atoms with Crippen LogP contribution in [0.5, 0.6) is 0 Å². The van der Waals surface area contributed by atoms with Gasteiger partial charge in [-0.15, -0.1) is 0 Å². The highest BCUT2D eigenvalue weighted by Crippen LogP contribution is 2.26. The lowest BCUT2D eigenvalue weighted by atomic mass is 10.0. The Morgan fingerprint density at radius 2 is 1.49 bits per heavy atom. The first-order chi connectivity index (χ1) is 21.5. The molecule has 0 fully saturated rings. The largest absolute Gasteiger partial charge is 0.352 e. The molecule has 0 aliphatic carbocycles. The van der Waals surface area contributed by atoms with E-state index in [4.69, 9.17) is 0 Å². The van der Waals surface area contributed by atoms with E-state index in [2.05, 4.69) is 21.2 Å². The standard InChI is InChI=1S/C36H40BrN3O4S/c1-5-28(4)38-36(42)34(23-29-11-7-6-8-12-29)39(24-30-16-18-31(37)19-17-30)35(41)25-40(32-13-9-10-27(3)22-32)45(43,44)33-20-14-26(2)15-21-33/h6-22,28,34H,5,23-25H2,1-4H3,(H,38,42)/t28-,34+/m0/s1. The Kier molecular flexibility index (Phi) is 11.6. The zero-order valence-electron chi connectivity index (χ0n) is 26.1. The van der Waals surface area contributed by atoms with Crippen LogP contribution in [-0.4, -0.2) is 43.8 Å². The molecule has 236 valence electrons. The van der Waals surface area contributed by atoms with E-state index in [1.165, 1.54) is 4.90 Å². The van der Waals surface area contributed by atoms with Crippen molar-refractivity contribution in [2.24, 2.45) is 0 Å². The first kappa shape index (κ1) is 33.9. The second-order valence-corrected chi connectivity index (χ2v) is 14.1. The van der Waals surface area contributed by atoms with Crippen LogP contribution in [-0.2, 0) is 32.6 Å². The molecule has 0 aliphatic rings. The van der Waals surface area contributed by atoms with Crippen molar-refractivity contribution in [3.63, 3.8) is 0 Å². The Balaban J connectivity index is 1.80. The number of nitrogens with zero attached hydrogens (tertiary/aromatic N) is 2. The number of aryl methyl sites for hydroxylation is 2. The topological polar surface area (TPSA) is 86.8 Å². The van der Waals surface area contributed by atoms with Crippen LogP contribution < -0.4 is 9.62 Å². The van der Waals surface area contributed by atoms with Crippen molar-refractivity contribution in [1.82, 2.24) is 10.2 Å². The van der Waals surface area contributed by atoms with Crippen LogP contribution in [0.1, 0.15) is 42.5 Å². The third kappa shape index (κ3) is 9.05. The highest BCUT2D eigenvalue weighted by atomic mass is 79.9. The molecule has 0 aliphatic heterocycles. The Labute approximate surface area is 275 Å². The number of nitrogens with one attached hydrogen (secondary N) is 1. The van der Waals surface area contributed by atoms with Crippen molar-refractivity contribution in [3.8, 4) is 0 Å². The van der Waals surface area contributed by atoms with Gasteiger partial charge in [0.1, 0.15) is 12.6 Å². The van der Waals surface area contributed by atoms with Crippen LogP contribution in [0, 0.1) is 13.8 Å². The fourth-order valence-corrected chi connectivity index (χ4v) is 6.60. The lowest BCUT2D eigenvalue weighted by molar-refractivity contribution is -0.140. The molecule has 45 heavy (non-hydrogen) atoms. The summed E-state index contributed by atoms with van der Waals surface area (Å²) < 4.78 is 30.3. The van der Waals surface area contributed by atoms with Gasteiger partial charge in [-0.1, -0.05) is 95.1 Å². The Bertz CT molecular complexity index is 1690. The second-order valence-electron chi connectivity index (χ2n) is 11.3. The summed E-state index contributed by atoms with van der Waals surface area (Å²) in [5, 5.41) is 3.06. The molecule has 2 atom stereocenters. The number of halogens is 1. The minimum atomic E-state index is -4.14. The number of amides is 2. The lowest BCUT2D eigenvalue weighted by Gasteiger charge is -2.34. The van der Waals surface area contributed by atoms with Crippen molar-refractivity contribution >= 4 is 43.5 Å². The number of rotatable bonds is 13. The molecule has 0 saturated heterocycles. The minimum Gasteiger partial charge on any atom is -0.352 e. The molecule has 0 radical (unpaired) electrons. The van der Waals surface area contributed by atoms with Crippen LogP contribution >= 0.6 is 15.9 Å². The van der Waals surface area contributed by atoms with Crippen molar-refractivity contribution in [1.29, 1.82) is 0 Å². The van der Waals surface area contributed by atoms with Crippen LogP contribution in [0.15, 0.2) is 112 Å². The van der Waals surface area contributed by atoms with Crippen LogP contribution in [0.3, 0.4) is 0 Å². The van der Waals surface area contributed by atoms with Crippen LogP contribution in [0.2, 0.25) is 0 Å². The highest BCUT2D eigenvalue weighted by molar-refractivity contribution is 9.10. The van der Waals surface area contributed by atoms with E-state index in [-0.39, 0.29) is 29.8 Å². The zero-order chi connectivity index (χ0) is 32.6. The number of hydrogen-bond acceptors (Lipinski definition) is 4. The van der Waals surface area contributed by atoms with Gasteiger partial charge >= 0.3 is 0 Å². The number of carbonyl (C=O) groups is 2. The van der Waals surface area contributed by atoms with Crippen molar-refractivity contribution in [2.75, 3.05) is 10.8 Å². The number of benzene rings is 4. The van der Waals surface area contributed by atoms with Gasteiger partial charge in [0.05, 0.1) is 10.6 Å². The average molecular weight is 691 g/mol. The van der Waals surface area contributed by atoms with Crippen LogP contribution in [0.25, 0.3) is 0 Å². The van der Waals surface area contributed by atoms with Gasteiger partial charge in [0.2, 0.25) is 11.8 Å². The van der Waals surface area contributed by atoms with Crippen LogP contribution in [0.4, 0.5) is 5.69 Å². The maximum atomic E-state index is 14.5. The van der Waals surface area contributed by atoms with Gasteiger partial charge in [-0.25, -0.2) is 8.42 Å². The van der Waals surface area contributed by atoms with E-state index in [0.717, 1.165) is 37.5 Å². The minimum absolute atomic E-state index is 0.0808. The molecule has 4 rings (SSSR count). The summed E-state index contributed by atoms with van der Waals surface area (Å²) in [6.07, 6.45) is 0.987. The van der Waals surface area contributed by atoms with E-state index in [0.29, 0.717) is 5.69 Å². The molecule has 0 unspecified atom stereocenters. The summed E-state index contributed by atoms with van der Waals surface area (Å²) >= 11 is 3.47. The molecule has 0 spiro atoms. The molecule has 1 N–H and O–H groups in total. The summed E-state index contributed by atoms with van der Waals surface area (Å²) in [7, 11) is -4.14. The summed E-state index contributed by atoms with van der Waals surface area (Å²) in [4.78, 5) is 30.0. The number of carbonyl (C=O) groups excluding carboxylic acids is 2. The molecule has 0 saturated carbocycles. The first-order valence-electron chi connectivity index (χ1n) is 15.0. The number of anilines is 1. The van der Waals surface area contributed by atoms with E-state index < -0.39 is 28.5 Å². The smallest absolute Gasteiger partial charge is 0.264 e. The van der Waals surface area contributed by atoms with Gasteiger partial charge in [0.25, 0.3) is 10.0 Å². The molecule has 7 nitrogen and oxygen atoms in total. The molecule has 0 heterocycles. The van der Waals surface area contributed by atoms with Crippen molar-refractivity contribution in [3.05, 3.63) is 130 Å². The zero-order valence-corrected chi connectivity index (χ0v) is 28.5. The fraction of sp³-hybridized carbons (Fsp3) is 0.278. The summed E-state index contributed by atoms with van der Waals surface area (Å²) in [6.45, 7) is 7.29. The molecule has 0 aromatic heterocycles. The predicted molar refractivity (Wildman–Crippen MR) is 183 cm³/mol. The Hall–Kier alpha value is -3.95. The number of sulfonamides is 1. The molecule has 2 amide bonds. The van der Waals surface area contributed by atoms with E-state index in [1.54, 1.807) is 42.5 Å². The fourth-order valence-electron chi connectivity index (χ4n) is 4.93. The highest BCUT2D eigenvalue weighted by Gasteiger charge is 2.35. The SMILES string of the molecule is CC[C@H](C)NC(=O)[C@@H](Cc1ccccc1)N(Cc1ccc(Br)cc1)C(=O)CN(c1cccc(C)c1)S(=O)(=O)c1ccc(C)cc1. The Morgan fingerprint density at radius 3 is 2.11 bits per heavy atom. The molecule has 9 heteroatoms. The van der Waals surface area contributed by atoms with E-state index in [9.17, 15) is 18.0 Å². The van der Waals surface area contributed by atoms with Crippen molar-refractivity contribution in [2.45, 2.75) is 64.1 Å². The monoisotopic (exact) mass is 689 g/mol. The molecular weight excluding hydrogens is 650 g/mol. The van der Waals surface area contributed by atoms with Gasteiger partial charge in [-0.2, -0.15) is 0 Å². The van der Waals surface area contributed by atoms with E-state index in [1.807, 2.05) is 88.4 Å². The quantitative estimate of drug-likeness (QED) is 0.167. The molecular formula is C36H40BrN3O4S. The molecule has 4 aromatic rings. The van der Waals surface area contributed by atoms with Gasteiger partial charge < -0.3 is 10.2 Å². The third-order valence-electron chi connectivity index (χ3n) is 7.72. The third-order valence-corrected chi connectivity index (χ3v) is 10.0. The lowest BCUT2D eigenvalue weighted by Crippen LogP contribution is -2.54. The normalized spacial score (nSPS) is 12.6. The van der Waals surface area contributed by atoms with Gasteiger partial charge in [0, 0.05) is 23.5 Å². The number of hydrogen-bond donors (Lipinski definition) is 1. The summed E-state index contributed by atoms with van der Waals surface area (Å²) in [5.74, 6) is -0.780. The maximum absolute atomic E-state index is 14.5. The average Bonchev–Trinajstić information content (AvgIpc) is 3.02. The van der Waals surface area contributed by atoms with Gasteiger partial charge in [0.15, 0.2) is 0 Å². The maximum Gasteiger partial charge on any atom is 0.264 e. The predicted octanol–water partition coefficient (Wildman–Crippen LogP) is 6.82. The molecule has 4 aromatic carbocycles. The van der Waals surface area contributed by atoms with E-state index >= 15 is 0 Å². The summed E-state index contributed by atoms with van der Waals surface area (Å²) in [5.41, 5.74) is 3.84. The van der Waals surface area contributed by atoms with Gasteiger partial charge in [-0.3, -0.25) is 13.9 Å². The van der Waals surface area contributed by atoms with Gasteiger partial charge in [-0.05, 0) is 80.3 Å². The molecule has 0 bridgehead atoms. The van der Waals surface area contributed by atoms with Crippen molar-refractivity contribution < 1.29 is 18.0 Å². The summed E-state index contributed by atoms with van der Waals surface area (Å²) in [6, 6.07) is 29.7. The Morgan fingerprint density at radius 1 is 0.822 bits per heavy atom. The second kappa shape index (κ2) is 15.4. The first-order valence-corrected chi connectivity index (χ1v) is 17.3.